The molecule has 1 heterocycles. The van der Waals surface area contributed by atoms with Crippen molar-refractivity contribution in [3.8, 4) is 0 Å². The summed E-state index contributed by atoms with van der Waals surface area (Å²) >= 11 is 0. The standard InChI is InChI=1S/C20H17FN4O2/c1-13(26)23-17-3-2-4-18(12-17)24-19-11-14(9-10-22-19)20(27)25-16-7-5-15(21)6-8-16/h2-12H,1H3,(H,22,24)(H,23,26)(H,25,27). The molecule has 0 saturated heterocycles. The van der Waals surface area contributed by atoms with Gasteiger partial charge in [-0.05, 0) is 54.6 Å². The highest BCUT2D eigenvalue weighted by molar-refractivity contribution is 6.04. The lowest BCUT2D eigenvalue weighted by atomic mass is 10.2. The van der Waals surface area contributed by atoms with Gasteiger partial charge in [-0.2, -0.15) is 0 Å². The Balaban J connectivity index is 1.72. The Morgan fingerprint density at radius 1 is 0.889 bits per heavy atom. The summed E-state index contributed by atoms with van der Waals surface area (Å²) in [6, 6.07) is 15.8. The van der Waals surface area contributed by atoms with Crippen LogP contribution in [0.1, 0.15) is 17.3 Å². The Hall–Kier alpha value is -3.74. The fourth-order valence-electron chi connectivity index (χ4n) is 2.40. The van der Waals surface area contributed by atoms with E-state index in [9.17, 15) is 14.0 Å². The summed E-state index contributed by atoms with van der Waals surface area (Å²) in [5.74, 6) is -0.393. The zero-order valence-corrected chi connectivity index (χ0v) is 14.5. The molecule has 0 aliphatic rings. The molecule has 0 aliphatic carbocycles. The average Bonchev–Trinajstić information content (AvgIpc) is 2.63. The van der Waals surface area contributed by atoms with Crippen molar-refractivity contribution in [2.75, 3.05) is 16.0 Å². The van der Waals surface area contributed by atoms with Crippen LogP contribution in [-0.2, 0) is 4.79 Å². The largest absolute Gasteiger partial charge is 0.340 e. The number of amides is 2. The number of carbonyl (C=O) groups excluding carboxylic acids is 2. The highest BCUT2D eigenvalue weighted by Gasteiger charge is 2.08. The topological polar surface area (TPSA) is 83.1 Å². The van der Waals surface area contributed by atoms with Crippen molar-refractivity contribution in [1.29, 1.82) is 0 Å². The summed E-state index contributed by atoms with van der Waals surface area (Å²) in [7, 11) is 0. The van der Waals surface area contributed by atoms with E-state index in [2.05, 4.69) is 20.9 Å². The fourth-order valence-corrected chi connectivity index (χ4v) is 2.40. The molecule has 1 aromatic heterocycles. The molecule has 0 atom stereocenters. The van der Waals surface area contributed by atoms with Crippen molar-refractivity contribution in [3.05, 3.63) is 78.2 Å². The Morgan fingerprint density at radius 2 is 1.63 bits per heavy atom. The van der Waals surface area contributed by atoms with Gasteiger partial charge in [0.15, 0.2) is 0 Å². The minimum Gasteiger partial charge on any atom is -0.340 e. The van der Waals surface area contributed by atoms with E-state index in [4.69, 9.17) is 0 Å². The monoisotopic (exact) mass is 364 g/mol. The second kappa shape index (κ2) is 8.09. The molecule has 0 unspecified atom stereocenters. The van der Waals surface area contributed by atoms with Gasteiger partial charge in [0.25, 0.3) is 5.91 Å². The molecule has 0 fully saturated rings. The maximum Gasteiger partial charge on any atom is 0.255 e. The Kier molecular flexibility index (Phi) is 5.41. The van der Waals surface area contributed by atoms with Gasteiger partial charge in [0.1, 0.15) is 11.6 Å². The highest BCUT2D eigenvalue weighted by atomic mass is 19.1. The predicted molar refractivity (Wildman–Crippen MR) is 103 cm³/mol. The van der Waals surface area contributed by atoms with Gasteiger partial charge >= 0.3 is 0 Å². The van der Waals surface area contributed by atoms with Crippen LogP contribution in [0.15, 0.2) is 66.9 Å². The summed E-state index contributed by atoms with van der Waals surface area (Å²) in [6.07, 6.45) is 1.51. The lowest BCUT2D eigenvalue weighted by Gasteiger charge is -2.10. The van der Waals surface area contributed by atoms with Crippen molar-refractivity contribution >= 4 is 34.7 Å². The second-order valence-corrected chi connectivity index (χ2v) is 5.78. The van der Waals surface area contributed by atoms with E-state index in [1.54, 1.807) is 30.3 Å². The zero-order chi connectivity index (χ0) is 19.2. The SMILES string of the molecule is CC(=O)Nc1cccc(Nc2cc(C(=O)Nc3ccc(F)cc3)ccn2)c1. The molecular weight excluding hydrogens is 347 g/mol. The van der Waals surface area contributed by atoms with Crippen molar-refractivity contribution in [1.82, 2.24) is 4.98 Å². The minimum atomic E-state index is -0.370. The predicted octanol–water partition coefficient (Wildman–Crippen LogP) is 4.18. The number of pyridine rings is 1. The number of hydrogen-bond acceptors (Lipinski definition) is 4. The van der Waals surface area contributed by atoms with E-state index >= 15 is 0 Å². The molecule has 0 aliphatic heterocycles. The number of carbonyl (C=O) groups is 2. The number of benzene rings is 2. The van der Waals surface area contributed by atoms with E-state index in [0.29, 0.717) is 28.4 Å². The number of hydrogen-bond donors (Lipinski definition) is 3. The average molecular weight is 364 g/mol. The van der Waals surface area contributed by atoms with Crippen molar-refractivity contribution in [2.45, 2.75) is 6.92 Å². The van der Waals surface area contributed by atoms with Crippen LogP contribution in [0.25, 0.3) is 0 Å². The normalized spacial score (nSPS) is 10.1. The van der Waals surface area contributed by atoms with Gasteiger partial charge in [-0.15, -0.1) is 0 Å². The number of halogens is 1. The second-order valence-electron chi connectivity index (χ2n) is 5.78. The molecule has 0 spiro atoms. The fraction of sp³-hybridized carbons (Fsp3) is 0.0500. The van der Waals surface area contributed by atoms with E-state index in [0.717, 1.165) is 0 Å². The first-order valence-electron chi connectivity index (χ1n) is 8.17. The third-order valence-electron chi connectivity index (χ3n) is 3.58. The van der Waals surface area contributed by atoms with Crippen molar-refractivity contribution in [2.24, 2.45) is 0 Å². The molecule has 0 radical (unpaired) electrons. The van der Waals surface area contributed by atoms with Crippen LogP contribution in [0.5, 0.6) is 0 Å². The molecule has 0 saturated carbocycles. The molecule has 0 bridgehead atoms. The Labute approximate surface area is 155 Å². The van der Waals surface area contributed by atoms with Crippen molar-refractivity contribution < 1.29 is 14.0 Å². The summed E-state index contributed by atoms with van der Waals surface area (Å²) in [6.45, 7) is 1.44. The molecule has 6 nitrogen and oxygen atoms in total. The first-order valence-corrected chi connectivity index (χ1v) is 8.17. The quantitative estimate of drug-likeness (QED) is 0.634. The molecular formula is C20H17FN4O2. The van der Waals surface area contributed by atoms with Crippen molar-refractivity contribution in [3.63, 3.8) is 0 Å². The van der Waals surface area contributed by atoms with Crippen LogP contribution in [0.2, 0.25) is 0 Å². The molecule has 7 heteroatoms. The van der Waals surface area contributed by atoms with Gasteiger partial charge in [-0.25, -0.2) is 9.37 Å². The van der Waals surface area contributed by atoms with Gasteiger partial charge in [-0.1, -0.05) is 6.07 Å². The van der Waals surface area contributed by atoms with Gasteiger partial charge in [0, 0.05) is 35.7 Å². The number of nitrogens with one attached hydrogen (secondary N) is 3. The van der Waals surface area contributed by atoms with E-state index in [1.807, 2.05) is 6.07 Å². The van der Waals surface area contributed by atoms with Crippen LogP contribution in [-0.4, -0.2) is 16.8 Å². The molecule has 3 rings (SSSR count). The molecule has 3 N–H and O–H groups in total. The Morgan fingerprint density at radius 3 is 2.37 bits per heavy atom. The lowest BCUT2D eigenvalue weighted by molar-refractivity contribution is -0.114. The summed E-state index contributed by atoms with van der Waals surface area (Å²) in [5.41, 5.74) is 2.26. The smallest absolute Gasteiger partial charge is 0.255 e. The summed E-state index contributed by atoms with van der Waals surface area (Å²) in [4.78, 5) is 27.7. The van der Waals surface area contributed by atoms with Gasteiger partial charge < -0.3 is 16.0 Å². The first-order chi connectivity index (χ1) is 13.0. The van der Waals surface area contributed by atoms with Crippen LogP contribution < -0.4 is 16.0 Å². The van der Waals surface area contributed by atoms with Crippen LogP contribution >= 0.6 is 0 Å². The maximum atomic E-state index is 13.0. The van der Waals surface area contributed by atoms with E-state index in [1.165, 1.54) is 37.4 Å². The zero-order valence-electron chi connectivity index (χ0n) is 14.5. The van der Waals surface area contributed by atoms with Crippen LogP contribution in [0.4, 0.5) is 27.3 Å². The Bertz CT molecular complexity index is 974. The van der Waals surface area contributed by atoms with Gasteiger partial charge in [-0.3, -0.25) is 9.59 Å². The number of aromatic nitrogens is 1. The first kappa shape index (κ1) is 18.1. The molecule has 2 aromatic carbocycles. The molecule has 3 aromatic rings. The maximum absolute atomic E-state index is 13.0. The number of rotatable bonds is 5. The van der Waals surface area contributed by atoms with Gasteiger partial charge in [0.05, 0.1) is 0 Å². The third-order valence-corrected chi connectivity index (χ3v) is 3.58. The summed E-state index contributed by atoms with van der Waals surface area (Å²) in [5, 5.41) is 8.49. The lowest BCUT2D eigenvalue weighted by Crippen LogP contribution is -2.12. The third kappa shape index (κ3) is 5.12. The highest BCUT2D eigenvalue weighted by Crippen LogP contribution is 2.20. The molecule has 136 valence electrons. The minimum absolute atomic E-state index is 0.162. The van der Waals surface area contributed by atoms with Gasteiger partial charge in [0.2, 0.25) is 5.91 Å². The molecule has 27 heavy (non-hydrogen) atoms. The summed E-state index contributed by atoms with van der Waals surface area (Å²) < 4.78 is 13.0. The number of anilines is 4. The van der Waals surface area contributed by atoms with E-state index < -0.39 is 0 Å². The van der Waals surface area contributed by atoms with Crippen LogP contribution in [0, 0.1) is 5.82 Å². The van der Waals surface area contributed by atoms with Crippen LogP contribution in [0.3, 0.4) is 0 Å². The van der Waals surface area contributed by atoms with E-state index in [-0.39, 0.29) is 17.6 Å². The number of nitrogens with zero attached hydrogens (tertiary/aromatic N) is 1. The molecule has 2 amide bonds.